The number of amides is 4. The van der Waals surface area contributed by atoms with Crippen LogP contribution in [0.3, 0.4) is 0 Å². The Morgan fingerprint density at radius 1 is 0.939 bits per heavy atom. The molecule has 2 aliphatic heterocycles. The largest absolute Gasteiger partial charge is 0.443 e. The van der Waals surface area contributed by atoms with E-state index in [-0.39, 0.29) is 34.7 Å². The first-order valence-corrected chi connectivity index (χ1v) is 11.9. The Kier molecular flexibility index (Phi) is 5.36. The number of hydrogen-bond donors (Lipinski definition) is 0. The SMILES string of the molecule is CC(C)(C)OC(=O)N1Cc2cc(S(=O)(=O)CCN3C(=O)c4ccccc4C3=O)ccc2C1=O. The van der Waals surface area contributed by atoms with Crippen molar-refractivity contribution in [2.24, 2.45) is 0 Å². The van der Waals surface area contributed by atoms with Gasteiger partial charge >= 0.3 is 6.09 Å². The molecule has 9 nitrogen and oxygen atoms in total. The molecule has 0 aromatic heterocycles. The maximum absolute atomic E-state index is 12.9. The van der Waals surface area contributed by atoms with Gasteiger partial charge in [-0.2, -0.15) is 0 Å². The van der Waals surface area contributed by atoms with E-state index < -0.39 is 45.0 Å². The first-order valence-electron chi connectivity index (χ1n) is 10.2. The molecule has 0 unspecified atom stereocenters. The molecule has 2 aromatic carbocycles. The molecular formula is C23H22N2O7S. The van der Waals surface area contributed by atoms with E-state index in [1.54, 1.807) is 32.9 Å². The van der Waals surface area contributed by atoms with Crippen LogP contribution >= 0.6 is 0 Å². The molecule has 2 aliphatic rings. The van der Waals surface area contributed by atoms with Crippen molar-refractivity contribution in [3.8, 4) is 0 Å². The summed E-state index contributed by atoms with van der Waals surface area (Å²) >= 11 is 0. The van der Waals surface area contributed by atoms with E-state index in [2.05, 4.69) is 0 Å². The lowest BCUT2D eigenvalue weighted by Gasteiger charge is -2.23. The Bertz CT molecular complexity index is 1270. The molecule has 4 amide bonds. The van der Waals surface area contributed by atoms with Crippen LogP contribution in [0.1, 0.15) is 57.4 Å². The average Bonchev–Trinajstić information content (AvgIpc) is 3.20. The van der Waals surface area contributed by atoms with Gasteiger partial charge in [-0.3, -0.25) is 19.3 Å². The second-order valence-electron chi connectivity index (χ2n) is 8.82. The lowest BCUT2D eigenvalue weighted by Crippen LogP contribution is -2.36. The third-order valence-corrected chi connectivity index (χ3v) is 7.01. The van der Waals surface area contributed by atoms with Crippen molar-refractivity contribution in [3.05, 3.63) is 64.7 Å². The number of fused-ring (bicyclic) bond motifs is 2. The van der Waals surface area contributed by atoms with Crippen molar-refractivity contribution in [1.29, 1.82) is 0 Å². The molecule has 0 N–H and O–H groups in total. The van der Waals surface area contributed by atoms with E-state index in [0.717, 1.165) is 9.80 Å². The van der Waals surface area contributed by atoms with Crippen LogP contribution in [-0.4, -0.2) is 59.9 Å². The lowest BCUT2D eigenvalue weighted by molar-refractivity contribution is 0.0247. The second-order valence-corrected chi connectivity index (χ2v) is 10.9. The van der Waals surface area contributed by atoms with Gasteiger partial charge in [-0.05, 0) is 56.7 Å². The zero-order valence-corrected chi connectivity index (χ0v) is 19.1. The molecule has 2 heterocycles. The molecule has 10 heteroatoms. The number of nitrogens with zero attached hydrogens (tertiary/aromatic N) is 2. The standard InChI is InChI=1S/C23H22N2O7S/c1-23(2,3)32-22(29)25-13-14-12-15(8-9-16(14)19(25)26)33(30,31)11-10-24-20(27)17-6-4-5-7-18(17)21(24)28/h4-9,12H,10-11,13H2,1-3H3. The summed E-state index contributed by atoms with van der Waals surface area (Å²) in [5, 5.41) is 0. The summed E-state index contributed by atoms with van der Waals surface area (Å²) in [7, 11) is -3.88. The van der Waals surface area contributed by atoms with Crippen LogP contribution in [0.5, 0.6) is 0 Å². The van der Waals surface area contributed by atoms with Crippen LogP contribution in [0, 0.1) is 0 Å². The van der Waals surface area contributed by atoms with Crippen molar-refractivity contribution in [2.75, 3.05) is 12.3 Å². The summed E-state index contributed by atoms with van der Waals surface area (Å²) in [6.45, 7) is 4.63. The van der Waals surface area contributed by atoms with Gasteiger partial charge in [-0.25, -0.2) is 18.1 Å². The van der Waals surface area contributed by atoms with E-state index in [1.165, 1.54) is 30.3 Å². The summed E-state index contributed by atoms with van der Waals surface area (Å²) in [4.78, 5) is 51.6. The quantitative estimate of drug-likeness (QED) is 0.630. The molecule has 0 saturated heterocycles. The Morgan fingerprint density at radius 3 is 2.12 bits per heavy atom. The summed E-state index contributed by atoms with van der Waals surface area (Å²) < 4.78 is 31.1. The number of hydrogen-bond acceptors (Lipinski definition) is 7. The van der Waals surface area contributed by atoms with Gasteiger partial charge < -0.3 is 4.74 Å². The highest BCUT2D eigenvalue weighted by Gasteiger charge is 2.37. The highest BCUT2D eigenvalue weighted by Crippen LogP contribution is 2.28. The van der Waals surface area contributed by atoms with Crippen LogP contribution in [-0.2, 0) is 21.1 Å². The summed E-state index contributed by atoms with van der Waals surface area (Å²) in [6.07, 6.45) is -0.807. The van der Waals surface area contributed by atoms with Crippen molar-refractivity contribution in [1.82, 2.24) is 9.80 Å². The number of ether oxygens (including phenoxy) is 1. The number of benzene rings is 2. The first kappa shape index (κ1) is 22.7. The van der Waals surface area contributed by atoms with Crippen molar-refractivity contribution >= 4 is 33.7 Å². The molecule has 0 saturated carbocycles. The molecule has 0 radical (unpaired) electrons. The average molecular weight is 471 g/mol. The van der Waals surface area contributed by atoms with Gasteiger partial charge in [-0.15, -0.1) is 0 Å². The summed E-state index contributed by atoms with van der Waals surface area (Å²) in [5.41, 5.74) is 0.314. The van der Waals surface area contributed by atoms with E-state index in [9.17, 15) is 27.6 Å². The van der Waals surface area contributed by atoms with Crippen LogP contribution < -0.4 is 0 Å². The first-order chi connectivity index (χ1) is 15.4. The number of carbonyl (C=O) groups is 4. The molecule has 2 aromatic rings. The molecule has 0 bridgehead atoms. The highest BCUT2D eigenvalue weighted by atomic mass is 32.2. The minimum atomic E-state index is -3.88. The van der Waals surface area contributed by atoms with Crippen molar-refractivity contribution < 1.29 is 32.3 Å². The summed E-state index contributed by atoms with van der Waals surface area (Å²) in [6, 6.07) is 10.3. The number of imide groups is 2. The van der Waals surface area contributed by atoms with Crippen LogP contribution in [0.4, 0.5) is 4.79 Å². The minimum absolute atomic E-state index is 0.0586. The molecule has 4 rings (SSSR count). The molecular weight excluding hydrogens is 448 g/mol. The van der Waals surface area contributed by atoms with E-state index in [4.69, 9.17) is 4.74 Å². The maximum Gasteiger partial charge on any atom is 0.417 e. The van der Waals surface area contributed by atoms with Crippen LogP contribution in [0.2, 0.25) is 0 Å². The topological polar surface area (TPSA) is 118 Å². The number of rotatable bonds is 4. The van der Waals surface area contributed by atoms with Gasteiger partial charge in [0.25, 0.3) is 17.7 Å². The molecule has 0 aliphatic carbocycles. The molecule has 0 atom stereocenters. The normalized spacial score (nSPS) is 15.7. The highest BCUT2D eigenvalue weighted by molar-refractivity contribution is 7.91. The van der Waals surface area contributed by atoms with Crippen LogP contribution in [0.25, 0.3) is 0 Å². The van der Waals surface area contributed by atoms with Crippen molar-refractivity contribution in [3.63, 3.8) is 0 Å². The fourth-order valence-corrected chi connectivity index (χ4v) is 4.98. The second kappa shape index (κ2) is 7.80. The van der Waals surface area contributed by atoms with E-state index >= 15 is 0 Å². The molecule has 0 fully saturated rings. The third-order valence-electron chi connectivity index (χ3n) is 5.32. The lowest BCUT2D eigenvalue weighted by atomic mass is 10.1. The molecule has 172 valence electrons. The number of carbonyl (C=O) groups excluding carboxylic acids is 4. The van der Waals surface area contributed by atoms with Gasteiger partial charge in [0.05, 0.1) is 28.3 Å². The Hall–Kier alpha value is -3.53. The number of sulfone groups is 1. The van der Waals surface area contributed by atoms with Gasteiger partial charge in [-0.1, -0.05) is 12.1 Å². The minimum Gasteiger partial charge on any atom is -0.443 e. The zero-order chi connectivity index (χ0) is 24.1. The maximum atomic E-state index is 12.9. The fourth-order valence-electron chi connectivity index (χ4n) is 3.73. The Balaban J connectivity index is 1.49. The van der Waals surface area contributed by atoms with Gasteiger partial charge in [0.2, 0.25) is 0 Å². The van der Waals surface area contributed by atoms with Gasteiger partial charge in [0.15, 0.2) is 9.84 Å². The predicted molar refractivity (Wildman–Crippen MR) is 116 cm³/mol. The van der Waals surface area contributed by atoms with E-state index in [1.807, 2.05) is 0 Å². The van der Waals surface area contributed by atoms with Crippen LogP contribution in [0.15, 0.2) is 47.4 Å². The third kappa shape index (κ3) is 4.13. The Morgan fingerprint density at radius 2 is 1.55 bits per heavy atom. The van der Waals surface area contributed by atoms with E-state index in [0.29, 0.717) is 5.56 Å². The fraction of sp³-hybridized carbons (Fsp3) is 0.304. The molecule has 33 heavy (non-hydrogen) atoms. The Labute approximate surface area is 190 Å². The smallest absolute Gasteiger partial charge is 0.417 e. The monoisotopic (exact) mass is 470 g/mol. The zero-order valence-electron chi connectivity index (χ0n) is 18.3. The van der Waals surface area contributed by atoms with Gasteiger partial charge in [0, 0.05) is 12.1 Å². The molecule has 0 spiro atoms. The van der Waals surface area contributed by atoms with Gasteiger partial charge in [0.1, 0.15) is 5.60 Å². The summed E-state index contributed by atoms with van der Waals surface area (Å²) in [5.74, 6) is -2.09. The predicted octanol–water partition coefficient (Wildman–Crippen LogP) is 2.65. The van der Waals surface area contributed by atoms with Crippen molar-refractivity contribution in [2.45, 2.75) is 37.8 Å².